The van der Waals surface area contributed by atoms with Gasteiger partial charge in [-0.3, -0.25) is 9.89 Å². The van der Waals surface area contributed by atoms with Gasteiger partial charge in [-0.2, -0.15) is 5.10 Å². The van der Waals surface area contributed by atoms with E-state index in [2.05, 4.69) is 10.2 Å². The number of nitrogens with zero attached hydrogens (tertiary/aromatic N) is 2. The van der Waals surface area contributed by atoms with Gasteiger partial charge in [-0.05, 0) is 45.1 Å². The number of H-pyrrole nitrogens is 1. The van der Waals surface area contributed by atoms with Gasteiger partial charge in [-0.25, -0.2) is 0 Å². The highest BCUT2D eigenvalue weighted by Crippen LogP contribution is 2.35. The number of carbonyl (C=O) groups is 1. The average Bonchev–Trinajstić information content (AvgIpc) is 2.88. The summed E-state index contributed by atoms with van der Waals surface area (Å²) in [6.07, 6.45) is 3.99. The van der Waals surface area contributed by atoms with E-state index in [1.165, 1.54) is 0 Å². The number of aryl methyl sites for hydroxylation is 2. The van der Waals surface area contributed by atoms with E-state index in [0.717, 1.165) is 49.2 Å². The fraction of sp³-hybridized carbons (Fsp3) is 0.765. The predicted octanol–water partition coefficient (Wildman–Crippen LogP) is 1.49. The minimum atomic E-state index is -0.412. The molecular weight excluding hydrogens is 294 g/mol. The van der Waals surface area contributed by atoms with E-state index in [-0.39, 0.29) is 12.0 Å². The zero-order valence-electron chi connectivity index (χ0n) is 14.1. The highest BCUT2D eigenvalue weighted by atomic mass is 16.5. The van der Waals surface area contributed by atoms with Crippen LogP contribution in [0.4, 0.5) is 0 Å². The van der Waals surface area contributed by atoms with Gasteiger partial charge in [0.1, 0.15) is 0 Å². The molecule has 3 rings (SSSR count). The number of amides is 1. The third-order valence-corrected chi connectivity index (χ3v) is 5.51. The van der Waals surface area contributed by atoms with Crippen molar-refractivity contribution in [3.05, 3.63) is 17.0 Å². The van der Waals surface area contributed by atoms with E-state index in [0.29, 0.717) is 25.9 Å². The Morgan fingerprint density at radius 1 is 1.43 bits per heavy atom. The molecule has 1 spiro atoms. The lowest BCUT2D eigenvalue weighted by Crippen LogP contribution is -2.56. The summed E-state index contributed by atoms with van der Waals surface area (Å²) in [5.41, 5.74) is 2.78. The molecule has 1 amide bonds. The Balaban J connectivity index is 1.51. The quantitative estimate of drug-likeness (QED) is 0.884. The van der Waals surface area contributed by atoms with Gasteiger partial charge >= 0.3 is 0 Å². The van der Waals surface area contributed by atoms with Crippen LogP contribution in [0.2, 0.25) is 0 Å². The topological polar surface area (TPSA) is 78.5 Å². The summed E-state index contributed by atoms with van der Waals surface area (Å²) in [4.78, 5) is 14.3. The van der Waals surface area contributed by atoms with Crippen molar-refractivity contribution in [2.45, 2.75) is 64.1 Å². The molecule has 2 aliphatic heterocycles. The molecule has 0 aliphatic carbocycles. The van der Waals surface area contributed by atoms with Gasteiger partial charge < -0.3 is 14.7 Å². The summed E-state index contributed by atoms with van der Waals surface area (Å²) in [5.74, 6) is 0.171. The fourth-order valence-electron chi connectivity index (χ4n) is 3.69. The molecule has 1 aromatic heterocycles. The van der Waals surface area contributed by atoms with Crippen molar-refractivity contribution in [1.82, 2.24) is 15.1 Å². The molecule has 0 saturated carbocycles. The normalized spacial score (nSPS) is 24.1. The second kappa shape index (κ2) is 6.61. The molecule has 128 valence electrons. The van der Waals surface area contributed by atoms with Crippen molar-refractivity contribution in [3.8, 4) is 0 Å². The molecule has 1 atom stereocenters. The summed E-state index contributed by atoms with van der Waals surface area (Å²) in [6.45, 7) is 6.10. The van der Waals surface area contributed by atoms with Crippen LogP contribution in [0.25, 0.3) is 0 Å². The van der Waals surface area contributed by atoms with E-state index >= 15 is 0 Å². The van der Waals surface area contributed by atoms with E-state index in [4.69, 9.17) is 4.74 Å². The zero-order chi connectivity index (χ0) is 16.4. The molecule has 0 radical (unpaired) electrons. The second-order valence-corrected chi connectivity index (χ2v) is 6.87. The summed E-state index contributed by atoms with van der Waals surface area (Å²) in [7, 11) is 0. The molecule has 6 heteroatoms. The number of nitrogens with one attached hydrogen (secondary N) is 1. The van der Waals surface area contributed by atoms with Crippen molar-refractivity contribution in [2.24, 2.45) is 0 Å². The maximum Gasteiger partial charge on any atom is 0.222 e. The maximum absolute atomic E-state index is 12.4. The van der Waals surface area contributed by atoms with Crippen LogP contribution in [-0.4, -0.2) is 57.5 Å². The minimum Gasteiger partial charge on any atom is -0.390 e. The smallest absolute Gasteiger partial charge is 0.222 e. The second-order valence-electron chi connectivity index (χ2n) is 6.87. The number of aliphatic hydroxyl groups is 1. The first-order chi connectivity index (χ1) is 11.0. The van der Waals surface area contributed by atoms with Crippen LogP contribution in [0.5, 0.6) is 0 Å². The molecule has 2 fully saturated rings. The third-order valence-electron chi connectivity index (χ3n) is 5.51. The molecule has 23 heavy (non-hydrogen) atoms. The van der Waals surface area contributed by atoms with E-state index in [9.17, 15) is 9.90 Å². The minimum absolute atomic E-state index is 0.171. The van der Waals surface area contributed by atoms with Crippen molar-refractivity contribution in [2.75, 3.05) is 19.7 Å². The lowest BCUT2D eigenvalue weighted by Gasteiger charge is -2.46. The molecule has 0 aromatic carbocycles. The first-order valence-corrected chi connectivity index (χ1v) is 8.62. The third kappa shape index (κ3) is 3.28. The summed E-state index contributed by atoms with van der Waals surface area (Å²) < 4.78 is 5.89. The number of aromatic nitrogens is 2. The standard InChI is InChI=1S/C17H27N3O3/c1-12-13(2)18-19-14(12)5-6-16(22)20-9-7-17(8-10-20)15(21)4-3-11-23-17/h15,21H,3-11H2,1-2H3,(H,18,19). The average molecular weight is 321 g/mol. The molecule has 0 bridgehead atoms. The van der Waals surface area contributed by atoms with Gasteiger partial charge in [0, 0.05) is 38.2 Å². The number of carbonyl (C=O) groups excluding carboxylic acids is 1. The van der Waals surface area contributed by atoms with Crippen LogP contribution >= 0.6 is 0 Å². The van der Waals surface area contributed by atoms with Gasteiger partial charge in [0.25, 0.3) is 0 Å². The Bertz CT molecular complexity index is 561. The Labute approximate surface area is 137 Å². The van der Waals surface area contributed by atoms with Crippen LogP contribution < -0.4 is 0 Å². The molecule has 6 nitrogen and oxygen atoms in total. The molecule has 2 aliphatic rings. The van der Waals surface area contributed by atoms with E-state index in [1.807, 2.05) is 18.7 Å². The number of hydrogen-bond acceptors (Lipinski definition) is 4. The van der Waals surface area contributed by atoms with Gasteiger partial charge in [-0.15, -0.1) is 0 Å². The van der Waals surface area contributed by atoms with Crippen LogP contribution in [0.15, 0.2) is 0 Å². The molecule has 2 N–H and O–H groups in total. The van der Waals surface area contributed by atoms with Gasteiger partial charge in [0.05, 0.1) is 17.4 Å². The number of piperidine rings is 1. The predicted molar refractivity (Wildman–Crippen MR) is 86.1 cm³/mol. The lowest BCUT2D eigenvalue weighted by atomic mass is 9.82. The summed E-state index contributed by atoms with van der Waals surface area (Å²) >= 11 is 0. The van der Waals surface area contributed by atoms with Crippen LogP contribution in [0, 0.1) is 13.8 Å². The number of aliphatic hydroxyl groups excluding tert-OH is 1. The number of likely N-dealkylation sites (tertiary alicyclic amines) is 1. The number of aromatic amines is 1. The summed E-state index contributed by atoms with van der Waals surface area (Å²) in [6, 6.07) is 0. The molecular formula is C17H27N3O3. The van der Waals surface area contributed by atoms with Crippen molar-refractivity contribution in [1.29, 1.82) is 0 Å². The Kier molecular flexibility index (Phi) is 4.73. The molecule has 1 aromatic rings. The first kappa shape index (κ1) is 16.5. The SMILES string of the molecule is Cc1[nH]nc(CCC(=O)N2CCC3(CC2)OCCCC3O)c1C. The van der Waals surface area contributed by atoms with Gasteiger partial charge in [-0.1, -0.05) is 0 Å². The van der Waals surface area contributed by atoms with Crippen LogP contribution in [0.3, 0.4) is 0 Å². The van der Waals surface area contributed by atoms with E-state index < -0.39 is 5.60 Å². The van der Waals surface area contributed by atoms with Gasteiger partial charge in [0.2, 0.25) is 5.91 Å². The zero-order valence-corrected chi connectivity index (χ0v) is 14.1. The molecule has 2 saturated heterocycles. The Morgan fingerprint density at radius 3 is 2.78 bits per heavy atom. The highest BCUT2D eigenvalue weighted by Gasteiger charge is 2.44. The molecule has 3 heterocycles. The van der Waals surface area contributed by atoms with E-state index in [1.54, 1.807) is 0 Å². The first-order valence-electron chi connectivity index (χ1n) is 8.62. The number of hydrogen-bond donors (Lipinski definition) is 2. The number of ether oxygens (including phenoxy) is 1. The monoisotopic (exact) mass is 321 g/mol. The molecule has 1 unspecified atom stereocenters. The fourth-order valence-corrected chi connectivity index (χ4v) is 3.69. The Morgan fingerprint density at radius 2 is 2.17 bits per heavy atom. The van der Waals surface area contributed by atoms with Crippen LogP contribution in [0.1, 0.15) is 49.1 Å². The van der Waals surface area contributed by atoms with Crippen molar-refractivity contribution >= 4 is 5.91 Å². The van der Waals surface area contributed by atoms with Gasteiger partial charge in [0.15, 0.2) is 0 Å². The van der Waals surface area contributed by atoms with Crippen molar-refractivity contribution < 1.29 is 14.6 Å². The Hall–Kier alpha value is -1.40. The lowest BCUT2D eigenvalue weighted by molar-refractivity contribution is -0.179. The largest absolute Gasteiger partial charge is 0.390 e. The number of rotatable bonds is 3. The maximum atomic E-state index is 12.4. The highest BCUT2D eigenvalue weighted by molar-refractivity contribution is 5.76. The van der Waals surface area contributed by atoms with Crippen molar-refractivity contribution in [3.63, 3.8) is 0 Å². The van der Waals surface area contributed by atoms with Crippen LogP contribution in [-0.2, 0) is 16.0 Å². The summed E-state index contributed by atoms with van der Waals surface area (Å²) in [5, 5.41) is 17.5.